The predicted molar refractivity (Wildman–Crippen MR) is 239 cm³/mol. The number of methoxy groups -OCH3 is 2. The van der Waals surface area contributed by atoms with Crippen LogP contribution < -0.4 is 20.5 Å². The standard InChI is InChI=1S/C22H16FN7O3.C15H10ClN5.C7H7FN2O3/c1-33-19-7-16(23)18(30(31)32)8-17(19)27-22-26-10-12(9-24)20(28-22)15-11-29(13-4-5-13)21-14(15)3-2-6-25-21;16-15-19-7-9(6-17)13(20-15)12-8-21(10-3-4-10)14-11(12)2-1-5-18-14;1-13-7-2-4(8)6(10(11)12)3-5(7)9/h2-3,6-8,10-11,13H,4-5H2,1H3,(H,26,27,28);1-2,5,7-8,10H,3-4H2;2-3H,9H2,1H3. The smallest absolute Gasteiger partial charge is 0.307 e. The van der Waals surface area contributed by atoms with Crippen LogP contribution in [0, 0.1) is 54.5 Å². The summed E-state index contributed by atoms with van der Waals surface area (Å²) in [5.41, 5.74) is 9.09. The number of pyridine rings is 2. The number of aromatic nitrogens is 8. The summed E-state index contributed by atoms with van der Waals surface area (Å²) in [5.74, 6) is -1.79. The van der Waals surface area contributed by atoms with Crippen molar-refractivity contribution in [1.82, 2.24) is 39.0 Å². The van der Waals surface area contributed by atoms with E-state index < -0.39 is 32.9 Å². The lowest BCUT2D eigenvalue weighted by Gasteiger charge is -2.11. The molecule has 2 aromatic carbocycles. The maximum atomic E-state index is 14.0. The third kappa shape index (κ3) is 9.23. The van der Waals surface area contributed by atoms with Crippen LogP contribution in [0.2, 0.25) is 5.28 Å². The highest BCUT2D eigenvalue weighted by molar-refractivity contribution is 6.28. The van der Waals surface area contributed by atoms with Gasteiger partial charge in [0.2, 0.25) is 22.9 Å². The molecule has 67 heavy (non-hydrogen) atoms. The van der Waals surface area contributed by atoms with E-state index in [1.165, 1.54) is 26.6 Å². The molecule has 0 atom stereocenters. The van der Waals surface area contributed by atoms with Crippen LogP contribution >= 0.6 is 11.6 Å². The Morgan fingerprint density at radius 1 is 0.761 bits per heavy atom. The summed E-state index contributed by atoms with van der Waals surface area (Å²) in [6.45, 7) is 0. The van der Waals surface area contributed by atoms with Gasteiger partial charge in [0.1, 0.15) is 34.9 Å². The molecule has 0 spiro atoms. The second-order valence-corrected chi connectivity index (χ2v) is 15.2. The van der Waals surface area contributed by atoms with Crippen LogP contribution in [0.1, 0.15) is 48.9 Å². The molecule has 0 aliphatic heterocycles. The van der Waals surface area contributed by atoms with Crippen LogP contribution in [-0.2, 0) is 0 Å². The first-order valence-corrected chi connectivity index (χ1v) is 20.4. The van der Waals surface area contributed by atoms with Gasteiger partial charge in [-0.15, -0.1) is 0 Å². The third-order valence-electron chi connectivity index (χ3n) is 10.6. The molecule has 2 aliphatic carbocycles. The average Bonchev–Trinajstić information content (AvgIpc) is 4.28. The van der Waals surface area contributed by atoms with E-state index in [2.05, 4.69) is 61.2 Å². The highest BCUT2D eigenvalue weighted by Gasteiger charge is 2.29. The van der Waals surface area contributed by atoms with Crippen molar-refractivity contribution in [3.8, 4) is 46.2 Å². The number of anilines is 3. The second-order valence-electron chi connectivity index (χ2n) is 14.9. The number of halogens is 3. The Morgan fingerprint density at radius 2 is 1.25 bits per heavy atom. The third-order valence-corrected chi connectivity index (χ3v) is 10.7. The van der Waals surface area contributed by atoms with Crippen molar-refractivity contribution in [2.45, 2.75) is 37.8 Å². The summed E-state index contributed by atoms with van der Waals surface area (Å²) in [6, 6.07) is 16.5. The maximum Gasteiger partial charge on any atom is 0.307 e. The number of nitriles is 2. The molecule has 0 bridgehead atoms. The molecule has 20 nitrogen and oxygen atoms in total. The summed E-state index contributed by atoms with van der Waals surface area (Å²) >= 11 is 5.90. The Morgan fingerprint density at radius 3 is 1.75 bits per heavy atom. The molecule has 2 saturated carbocycles. The van der Waals surface area contributed by atoms with Gasteiger partial charge >= 0.3 is 11.4 Å². The fourth-order valence-electron chi connectivity index (χ4n) is 7.13. The molecule has 2 aliphatic rings. The molecule has 0 unspecified atom stereocenters. The number of nitrogens with two attached hydrogens (primary N) is 1. The van der Waals surface area contributed by atoms with E-state index in [9.17, 15) is 39.5 Å². The Hall–Kier alpha value is -8.89. The predicted octanol–water partition coefficient (Wildman–Crippen LogP) is 9.18. The number of nitrogens with one attached hydrogen (secondary N) is 1. The number of hydrogen-bond donors (Lipinski definition) is 2. The average molecular weight is 927 g/mol. The Balaban J connectivity index is 0.000000152. The van der Waals surface area contributed by atoms with Gasteiger partial charge in [0.25, 0.3) is 0 Å². The van der Waals surface area contributed by atoms with Gasteiger partial charge in [0.15, 0.2) is 0 Å². The number of nitro groups is 2. The minimum Gasteiger partial charge on any atom is -0.494 e. The zero-order valence-electron chi connectivity index (χ0n) is 35.1. The quantitative estimate of drug-likeness (QED) is 0.0559. The minimum atomic E-state index is -1.02. The first-order valence-electron chi connectivity index (χ1n) is 20.0. The summed E-state index contributed by atoms with van der Waals surface area (Å²) in [7, 11) is 2.62. The van der Waals surface area contributed by atoms with Gasteiger partial charge in [-0.25, -0.2) is 29.9 Å². The number of fused-ring (bicyclic) bond motifs is 2. The highest BCUT2D eigenvalue weighted by Crippen LogP contribution is 2.43. The van der Waals surface area contributed by atoms with Crippen LogP contribution in [0.25, 0.3) is 44.6 Å². The fraction of sp³-hybridized carbons (Fsp3) is 0.182. The van der Waals surface area contributed by atoms with Crippen LogP contribution in [0.5, 0.6) is 11.5 Å². The van der Waals surface area contributed by atoms with E-state index in [0.29, 0.717) is 29.0 Å². The van der Waals surface area contributed by atoms with Crippen molar-refractivity contribution in [2.24, 2.45) is 0 Å². The number of hydrogen-bond acceptors (Lipinski definition) is 16. The molecule has 2 fully saturated rings. The van der Waals surface area contributed by atoms with E-state index in [-0.39, 0.29) is 39.7 Å². The monoisotopic (exact) mass is 926 g/mol. The van der Waals surface area contributed by atoms with Crippen molar-refractivity contribution >= 4 is 62.4 Å². The van der Waals surface area contributed by atoms with Crippen molar-refractivity contribution in [2.75, 3.05) is 25.3 Å². The summed E-state index contributed by atoms with van der Waals surface area (Å²) < 4.78 is 41.0. The van der Waals surface area contributed by atoms with Crippen molar-refractivity contribution in [1.29, 1.82) is 10.5 Å². The van der Waals surface area contributed by atoms with Gasteiger partial charge < -0.3 is 29.7 Å². The highest BCUT2D eigenvalue weighted by atomic mass is 35.5. The SMILES string of the molecule is COc1cc(F)c([N+](=O)[O-])cc1N.COc1cc(F)c([N+](=O)[O-])cc1Nc1ncc(C#N)c(-c2cn(C3CC3)c3ncccc23)n1.N#Cc1cnc(Cl)nc1-c1cn(C2CC2)c2ncccc12. The van der Waals surface area contributed by atoms with Crippen LogP contribution in [-0.4, -0.2) is 63.1 Å². The molecule has 6 heterocycles. The first-order chi connectivity index (χ1) is 32.3. The molecule has 336 valence electrons. The van der Waals surface area contributed by atoms with E-state index in [4.69, 9.17) is 22.1 Å². The number of nitro benzene ring substituents is 2. The molecule has 8 aromatic rings. The van der Waals surface area contributed by atoms with E-state index in [1.807, 2.05) is 36.7 Å². The molecular weight excluding hydrogens is 894 g/mol. The lowest BCUT2D eigenvalue weighted by Crippen LogP contribution is -2.03. The molecule has 10 rings (SSSR count). The summed E-state index contributed by atoms with van der Waals surface area (Å²) in [4.78, 5) is 45.5. The summed E-state index contributed by atoms with van der Waals surface area (Å²) in [5, 5.41) is 45.2. The first kappa shape index (κ1) is 44.7. The van der Waals surface area contributed by atoms with E-state index in [0.717, 1.165) is 83.1 Å². The number of rotatable bonds is 10. The maximum absolute atomic E-state index is 14.0. The molecule has 0 radical (unpaired) electrons. The van der Waals surface area contributed by atoms with Gasteiger partial charge in [-0.1, -0.05) is 0 Å². The number of ether oxygens (including phenoxy) is 2. The molecule has 0 amide bonds. The van der Waals surface area contributed by atoms with Crippen molar-refractivity contribution in [3.63, 3.8) is 0 Å². The molecule has 3 N–H and O–H groups in total. The van der Waals surface area contributed by atoms with Crippen molar-refractivity contribution < 1.29 is 28.1 Å². The van der Waals surface area contributed by atoms with E-state index >= 15 is 0 Å². The van der Waals surface area contributed by atoms with Gasteiger partial charge in [-0.3, -0.25) is 20.2 Å². The molecule has 6 aromatic heterocycles. The normalized spacial score (nSPS) is 12.8. The lowest BCUT2D eigenvalue weighted by atomic mass is 10.1. The summed E-state index contributed by atoms with van der Waals surface area (Å²) in [6.07, 6.45) is 14.7. The lowest BCUT2D eigenvalue weighted by molar-refractivity contribution is -0.387. The Labute approximate surface area is 382 Å². The Kier molecular flexibility index (Phi) is 12.5. The topological polar surface area (TPSA) is 278 Å². The zero-order chi connectivity index (χ0) is 47.5. The molecule has 0 saturated heterocycles. The number of nitrogens with zero attached hydrogens (tertiary/aromatic N) is 12. The van der Waals surface area contributed by atoms with Gasteiger partial charge in [0, 0.05) is 83.0 Å². The fourth-order valence-corrected chi connectivity index (χ4v) is 7.26. The number of nitrogen functional groups attached to an aromatic ring is 1. The van der Waals surface area contributed by atoms with Gasteiger partial charge in [-0.05, 0) is 61.5 Å². The van der Waals surface area contributed by atoms with Crippen molar-refractivity contribution in [3.05, 3.63) is 134 Å². The van der Waals surface area contributed by atoms with Crippen LogP contribution in [0.3, 0.4) is 0 Å². The molecular formula is C44H33ClF2N14O6. The van der Waals surface area contributed by atoms with E-state index in [1.54, 1.807) is 12.4 Å². The minimum absolute atomic E-state index is 0.0376. The second kappa shape index (κ2) is 18.7. The Bertz CT molecular complexity index is 3340. The van der Waals surface area contributed by atoms with Gasteiger partial charge in [0.05, 0.1) is 70.3 Å². The zero-order valence-corrected chi connectivity index (χ0v) is 35.8. The van der Waals surface area contributed by atoms with Crippen LogP contribution in [0.15, 0.2) is 85.7 Å². The largest absolute Gasteiger partial charge is 0.494 e. The molecule has 23 heteroatoms. The number of benzene rings is 2. The van der Waals surface area contributed by atoms with Crippen LogP contribution in [0.4, 0.5) is 37.5 Å². The van der Waals surface area contributed by atoms with Gasteiger partial charge in [-0.2, -0.15) is 19.3 Å².